The van der Waals surface area contributed by atoms with Crippen LogP contribution in [0.2, 0.25) is 0 Å². The van der Waals surface area contributed by atoms with Crippen molar-refractivity contribution < 1.29 is 14.3 Å². The molecule has 0 unspecified atom stereocenters. The van der Waals surface area contributed by atoms with Gasteiger partial charge in [-0.05, 0) is 43.4 Å². The minimum Gasteiger partial charge on any atom is -0.456 e. The Labute approximate surface area is 176 Å². The number of nitriles is 1. The number of aryl methyl sites for hydroxylation is 1. The van der Waals surface area contributed by atoms with E-state index in [4.69, 9.17) is 10.00 Å². The summed E-state index contributed by atoms with van der Waals surface area (Å²) < 4.78 is 5.11. The Hall–Kier alpha value is -3.40. The van der Waals surface area contributed by atoms with Crippen molar-refractivity contribution in [1.29, 1.82) is 5.26 Å². The highest BCUT2D eigenvalue weighted by Crippen LogP contribution is 2.18. The van der Waals surface area contributed by atoms with E-state index in [2.05, 4.69) is 10.3 Å². The van der Waals surface area contributed by atoms with Gasteiger partial charge in [0.05, 0.1) is 6.04 Å². The largest absolute Gasteiger partial charge is 0.456 e. The number of amides is 1. The number of aromatic amines is 1. The number of H-pyrrole nitrogens is 1. The fourth-order valence-electron chi connectivity index (χ4n) is 3.40. The standard InChI is InChI=1S/C23H27N3O4/c1-4-8-20(17-9-6-5-7-10-17)26-21(27)14-30-22(28)12-11-18-15(2)19(13-24)23(29)25-16(18)3/h5-7,9-10,20H,4,8,11-12,14H2,1-3H3,(H,25,29)(H,26,27)/t20-/m0/s1. The van der Waals surface area contributed by atoms with Gasteiger partial charge in [0.1, 0.15) is 11.6 Å². The summed E-state index contributed by atoms with van der Waals surface area (Å²) in [6.07, 6.45) is 2.05. The third kappa shape index (κ3) is 6.05. The van der Waals surface area contributed by atoms with Crippen molar-refractivity contribution in [3.05, 3.63) is 68.6 Å². The predicted octanol–water partition coefficient (Wildman–Crippen LogP) is 3.00. The summed E-state index contributed by atoms with van der Waals surface area (Å²) in [5.74, 6) is -0.866. The molecule has 2 rings (SSSR count). The van der Waals surface area contributed by atoms with Crippen molar-refractivity contribution in [2.24, 2.45) is 0 Å². The first-order valence-electron chi connectivity index (χ1n) is 9.99. The Morgan fingerprint density at radius 2 is 1.93 bits per heavy atom. The van der Waals surface area contributed by atoms with Crippen molar-refractivity contribution in [1.82, 2.24) is 10.3 Å². The third-order valence-corrected chi connectivity index (χ3v) is 4.98. The van der Waals surface area contributed by atoms with E-state index in [-0.39, 0.29) is 30.5 Å². The second kappa shape index (κ2) is 11.0. The van der Waals surface area contributed by atoms with Crippen molar-refractivity contribution in [3.63, 3.8) is 0 Å². The molecule has 0 aliphatic carbocycles. The Kier molecular flexibility index (Phi) is 8.36. The van der Waals surface area contributed by atoms with Crippen molar-refractivity contribution in [3.8, 4) is 6.07 Å². The number of nitrogens with one attached hydrogen (secondary N) is 2. The highest BCUT2D eigenvalue weighted by molar-refractivity contribution is 5.81. The third-order valence-electron chi connectivity index (χ3n) is 4.98. The molecule has 1 heterocycles. The highest BCUT2D eigenvalue weighted by atomic mass is 16.5. The maximum atomic E-state index is 12.2. The molecule has 1 amide bonds. The van der Waals surface area contributed by atoms with Gasteiger partial charge in [-0.2, -0.15) is 5.26 Å². The van der Waals surface area contributed by atoms with Crippen molar-refractivity contribution >= 4 is 11.9 Å². The smallest absolute Gasteiger partial charge is 0.306 e. The van der Waals surface area contributed by atoms with Gasteiger partial charge in [-0.1, -0.05) is 43.7 Å². The van der Waals surface area contributed by atoms with E-state index in [1.54, 1.807) is 13.8 Å². The van der Waals surface area contributed by atoms with Gasteiger partial charge in [-0.3, -0.25) is 14.4 Å². The number of hydrogen-bond acceptors (Lipinski definition) is 5. The predicted molar refractivity (Wildman–Crippen MR) is 113 cm³/mol. The number of esters is 1. The number of aromatic nitrogens is 1. The first-order chi connectivity index (χ1) is 14.4. The van der Waals surface area contributed by atoms with Gasteiger partial charge in [0.25, 0.3) is 11.5 Å². The number of rotatable bonds is 9. The van der Waals surface area contributed by atoms with Crippen LogP contribution in [-0.4, -0.2) is 23.5 Å². The quantitative estimate of drug-likeness (QED) is 0.618. The van der Waals surface area contributed by atoms with Gasteiger partial charge in [0.2, 0.25) is 0 Å². The van der Waals surface area contributed by atoms with Gasteiger partial charge in [0.15, 0.2) is 6.61 Å². The Balaban J connectivity index is 1.90. The number of pyridine rings is 1. The normalized spacial score (nSPS) is 11.4. The molecule has 0 saturated carbocycles. The first kappa shape index (κ1) is 22.9. The zero-order valence-electron chi connectivity index (χ0n) is 17.6. The Bertz CT molecular complexity index is 990. The molecule has 7 nitrogen and oxygen atoms in total. The van der Waals surface area contributed by atoms with E-state index >= 15 is 0 Å². The summed E-state index contributed by atoms with van der Waals surface area (Å²) in [6.45, 7) is 5.10. The number of carbonyl (C=O) groups is 2. The minimum atomic E-state index is -0.514. The highest BCUT2D eigenvalue weighted by Gasteiger charge is 2.17. The van der Waals surface area contributed by atoms with Gasteiger partial charge >= 0.3 is 5.97 Å². The van der Waals surface area contributed by atoms with E-state index in [1.165, 1.54) is 0 Å². The summed E-state index contributed by atoms with van der Waals surface area (Å²) in [6, 6.07) is 11.4. The van der Waals surface area contributed by atoms with Crippen molar-refractivity contribution in [2.45, 2.75) is 52.5 Å². The number of carbonyl (C=O) groups excluding carboxylic acids is 2. The van der Waals surface area contributed by atoms with E-state index in [9.17, 15) is 14.4 Å². The number of ether oxygens (including phenoxy) is 1. The van der Waals surface area contributed by atoms with Gasteiger partial charge < -0.3 is 15.0 Å². The lowest BCUT2D eigenvalue weighted by molar-refractivity contribution is -0.148. The zero-order valence-corrected chi connectivity index (χ0v) is 17.6. The van der Waals surface area contributed by atoms with Crippen LogP contribution in [0, 0.1) is 25.2 Å². The Morgan fingerprint density at radius 3 is 2.57 bits per heavy atom. The van der Waals surface area contributed by atoms with Crippen molar-refractivity contribution in [2.75, 3.05) is 6.61 Å². The molecule has 2 N–H and O–H groups in total. The monoisotopic (exact) mass is 409 g/mol. The second-order valence-electron chi connectivity index (χ2n) is 7.15. The average molecular weight is 409 g/mol. The zero-order chi connectivity index (χ0) is 22.1. The summed E-state index contributed by atoms with van der Waals surface area (Å²) >= 11 is 0. The fourth-order valence-corrected chi connectivity index (χ4v) is 3.40. The molecule has 1 atom stereocenters. The first-order valence-corrected chi connectivity index (χ1v) is 9.99. The maximum Gasteiger partial charge on any atom is 0.306 e. The van der Waals surface area contributed by atoms with E-state index in [0.717, 1.165) is 24.0 Å². The van der Waals surface area contributed by atoms with E-state index in [0.29, 0.717) is 17.7 Å². The fraction of sp³-hybridized carbons (Fsp3) is 0.391. The number of nitrogens with zero attached hydrogens (tertiary/aromatic N) is 1. The van der Waals surface area contributed by atoms with Gasteiger partial charge in [-0.25, -0.2) is 0 Å². The average Bonchev–Trinajstić information content (AvgIpc) is 2.72. The molecule has 0 bridgehead atoms. The molecule has 0 fully saturated rings. The molecule has 0 radical (unpaired) electrons. The maximum absolute atomic E-state index is 12.2. The van der Waals surface area contributed by atoms with Crippen LogP contribution >= 0.6 is 0 Å². The molecular weight excluding hydrogens is 382 g/mol. The minimum absolute atomic E-state index is 0.0446. The SMILES string of the molecule is CCC[C@H](NC(=O)COC(=O)CCc1c(C)[nH]c(=O)c(C#N)c1C)c1ccccc1. The Morgan fingerprint density at radius 1 is 1.23 bits per heavy atom. The summed E-state index contributed by atoms with van der Waals surface area (Å²) in [5.41, 5.74) is 2.54. The molecule has 0 aliphatic heterocycles. The van der Waals surface area contributed by atoms with Gasteiger partial charge in [0, 0.05) is 12.1 Å². The summed E-state index contributed by atoms with van der Waals surface area (Å²) in [5, 5.41) is 12.0. The second-order valence-corrected chi connectivity index (χ2v) is 7.15. The van der Waals surface area contributed by atoms with Crippen LogP contribution in [0.5, 0.6) is 0 Å². The lowest BCUT2D eigenvalue weighted by Gasteiger charge is -2.18. The van der Waals surface area contributed by atoms with E-state index in [1.807, 2.05) is 43.3 Å². The molecule has 7 heteroatoms. The van der Waals surface area contributed by atoms with Crippen LogP contribution in [0.1, 0.15) is 60.2 Å². The number of hydrogen-bond donors (Lipinski definition) is 2. The lowest BCUT2D eigenvalue weighted by Crippen LogP contribution is -2.32. The van der Waals surface area contributed by atoms with Gasteiger partial charge in [-0.15, -0.1) is 0 Å². The molecule has 0 spiro atoms. The van der Waals surface area contributed by atoms with Crippen LogP contribution in [0.15, 0.2) is 35.1 Å². The van der Waals surface area contributed by atoms with Crippen LogP contribution in [0.4, 0.5) is 0 Å². The van der Waals surface area contributed by atoms with Crippen LogP contribution in [-0.2, 0) is 20.7 Å². The molecule has 30 heavy (non-hydrogen) atoms. The topological polar surface area (TPSA) is 112 Å². The van der Waals surface area contributed by atoms with Crippen LogP contribution in [0.3, 0.4) is 0 Å². The molecular formula is C23H27N3O4. The van der Waals surface area contributed by atoms with Crippen LogP contribution < -0.4 is 10.9 Å². The molecule has 158 valence electrons. The lowest BCUT2D eigenvalue weighted by atomic mass is 9.99. The molecule has 0 aliphatic rings. The van der Waals surface area contributed by atoms with Crippen LogP contribution in [0.25, 0.3) is 0 Å². The van der Waals surface area contributed by atoms with E-state index < -0.39 is 11.5 Å². The number of benzene rings is 1. The molecule has 0 saturated heterocycles. The molecule has 2 aromatic rings. The summed E-state index contributed by atoms with van der Waals surface area (Å²) in [4.78, 5) is 38.8. The molecule has 1 aromatic carbocycles. The molecule has 1 aromatic heterocycles. The summed E-state index contributed by atoms with van der Waals surface area (Å²) in [7, 11) is 0.